The zero-order valence-electron chi connectivity index (χ0n) is 84.8. The van der Waals surface area contributed by atoms with Gasteiger partial charge >= 0.3 is 0 Å². The molecule has 20 heteroatoms. The number of aromatic nitrogens is 5. The van der Waals surface area contributed by atoms with E-state index in [2.05, 4.69) is 259 Å². The van der Waals surface area contributed by atoms with Crippen LogP contribution in [0.1, 0.15) is 0 Å². The van der Waals surface area contributed by atoms with Crippen molar-refractivity contribution in [3.63, 3.8) is 0 Å². The maximum atomic E-state index is 13.0. The van der Waals surface area contributed by atoms with Gasteiger partial charge in [0.05, 0.1) is 11.4 Å². The summed E-state index contributed by atoms with van der Waals surface area (Å²) in [6.07, 6.45) is 13.2. The largest absolute Gasteiger partial charge is 0.319 e. The fraction of sp³-hybridized carbons (Fsp3) is 0.145. The number of hydrogen-bond donors (Lipinski definition) is 0. The van der Waals surface area contributed by atoms with Crippen LogP contribution in [0.5, 0.6) is 0 Å². The van der Waals surface area contributed by atoms with Crippen molar-refractivity contribution in [2.75, 3.05) is 120 Å². The topological polar surface area (TPSA) is 167 Å². The van der Waals surface area contributed by atoms with Gasteiger partial charge in [0.15, 0.2) is 23.3 Å². The van der Waals surface area contributed by atoms with Crippen LogP contribution in [0.3, 0.4) is 0 Å². The summed E-state index contributed by atoms with van der Waals surface area (Å²) in [5.74, 6) is 2.39. The molecule has 0 saturated carbocycles. The van der Waals surface area contributed by atoms with Crippen molar-refractivity contribution >= 4 is 195 Å². The third-order valence-electron chi connectivity index (χ3n) is 27.4. The number of hydrogen-bond acceptors (Lipinski definition) is 11. The van der Waals surface area contributed by atoms with Crippen molar-refractivity contribution in [2.24, 2.45) is 0 Å². The standard InChI is InChI=1S/C49H41O2P3.C46H44N3O2P3.C29H33N2O2P3/c1-52(2,3)35-17-8-29(9-18-35)42-27-34-28-43(31-12-21-37(22-13-31)54(6,7)51)39-24-15-32-14-23-38-41(30-10-19-36(20-11-30)53(4,5)50)26-33-16-25-40(42)49-45(33)47(38)44(32)48(39)46(34)49;1-52(2,3)41-26-20-35(21-27-41)32-8-14-38(15-9-32)44-47-45(39-16-10-33(11-17-39)36-22-28-42(29-23-36)53(4,5)50)49-46(48-44)40-18-12-34(13-19-40)37-24-30-43(31-25-37)54(6,7)51;1-34(2,3)24-14-12-23(13-15-24)29-30-27(21-8-16-25(17-9-21)35(4,5)32)20-28(31-29)22-10-18-26(19-11-22)36(6,7)33/h8-28H,1H2,2-7H3;8-31H,1H2,2-7H3;8-20H,1H2,2-7H3. The van der Waals surface area contributed by atoms with Gasteiger partial charge in [-0.25, -0.2) is 24.9 Å². The summed E-state index contributed by atoms with van der Waals surface area (Å²) in [5, 5.41) is 24.3. The van der Waals surface area contributed by atoms with E-state index < -0.39 is 63.5 Å². The Morgan fingerprint density at radius 2 is 0.333 bits per heavy atom. The maximum absolute atomic E-state index is 13.0. The van der Waals surface area contributed by atoms with Crippen LogP contribution in [0.15, 0.2) is 352 Å². The molecule has 0 aliphatic carbocycles. The Labute approximate surface area is 847 Å². The molecule has 0 amide bonds. The molecular formula is C124H118N5O6P9. The normalized spacial score (nSPS) is 12.6. The molecule has 0 saturated heterocycles. The lowest BCUT2D eigenvalue weighted by atomic mass is 9.78. The first-order chi connectivity index (χ1) is 68.0. The Morgan fingerprint density at radius 1 is 0.160 bits per heavy atom. The van der Waals surface area contributed by atoms with Gasteiger partial charge in [0.2, 0.25) is 0 Å². The second-order valence-electron chi connectivity index (χ2n) is 42.1. The van der Waals surface area contributed by atoms with E-state index in [0.29, 0.717) is 23.3 Å². The van der Waals surface area contributed by atoms with E-state index in [0.717, 1.165) is 121 Å². The highest BCUT2D eigenvalue weighted by molar-refractivity contribution is 7.80. The first-order valence-corrected chi connectivity index (χ1v) is 72.2. The molecule has 0 aliphatic rings. The van der Waals surface area contributed by atoms with Gasteiger partial charge in [-0.2, -0.15) is 0 Å². The van der Waals surface area contributed by atoms with Crippen molar-refractivity contribution in [1.29, 1.82) is 0 Å². The Bertz CT molecular complexity index is 8330. The summed E-state index contributed by atoms with van der Waals surface area (Å²) in [7, 11) is -14.1. The van der Waals surface area contributed by atoms with Crippen LogP contribution >= 0.6 is 63.5 Å². The minimum absolute atomic E-state index is 0.580. The van der Waals surface area contributed by atoms with Crippen LogP contribution in [0.4, 0.5) is 0 Å². The van der Waals surface area contributed by atoms with Crippen molar-refractivity contribution < 1.29 is 27.4 Å². The van der Waals surface area contributed by atoms with Crippen molar-refractivity contribution in [2.45, 2.75) is 0 Å². The molecule has 21 rings (SSSR count). The lowest BCUT2D eigenvalue weighted by Gasteiger charge is -2.25. The van der Waals surface area contributed by atoms with Gasteiger partial charge < -0.3 is 27.4 Å². The fourth-order valence-electron chi connectivity index (χ4n) is 19.1. The molecule has 0 aliphatic heterocycles. The van der Waals surface area contributed by atoms with E-state index in [4.69, 9.17) is 24.9 Å². The highest BCUT2D eigenvalue weighted by atomic mass is 31.2. The highest BCUT2D eigenvalue weighted by Gasteiger charge is 2.29. The predicted octanol–water partition coefficient (Wildman–Crippen LogP) is 29.8. The van der Waals surface area contributed by atoms with Crippen LogP contribution in [-0.2, 0) is 27.4 Å². The smallest absolute Gasteiger partial charge is 0.164 e. The molecule has 19 aromatic carbocycles. The molecule has 0 spiro atoms. The number of rotatable bonds is 21. The molecule has 0 fully saturated rings. The van der Waals surface area contributed by atoms with Gasteiger partial charge in [0.25, 0.3) is 0 Å². The summed E-state index contributed by atoms with van der Waals surface area (Å²) in [6.45, 7) is 30.9. The summed E-state index contributed by atoms with van der Waals surface area (Å²) >= 11 is 0. The quantitative estimate of drug-likeness (QED) is 0.0381. The average Bonchev–Trinajstić information content (AvgIpc) is 0.673. The third kappa shape index (κ3) is 21.0. The second-order valence-corrected chi connectivity index (χ2v) is 73.1. The van der Waals surface area contributed by atoms with E-state index in [-0.39, 0.29) is 0 Å². The fourth-order valence-corrected chi connectivity index (χ4v) is 27.2. The van der Waals surface area contributed by atoms with Gasteiger partial charge in [-0.15, -0.1) is 0 Å². The molecule has 0 radical (unpaired) electrons. The minimum atomic E-state index is -2.39. The Balaban J connectivity index is 0.000000140. The van der Waals surface area contributed by atoms with Crippen LogP contribution in [-0.4, -0.2) is 164 Å². The van der Waals surface area contributed by atoms with E-state index >= 15 is 0 Å². The molecule has 0 bridgehead atoms. The Hall–Kier alpha value is -12.1. The summed E-state index contributed by atoms with van der Waals surface area (Å²) in [4.78, 5) is 24.8. The lowest BCUT2D eigenvalue weighted by Crippen LogP contribution is -2.04. The first kappa shape index (κ1) is 101. The molecule has 2 aromatic heterocycles. The van der Waals surface area contributed by atoms with E-state index in [1.165, 1.54) is 103 Å². The maximum Gasteiger partial charge on any atom is 0.164 e. The molecule has 2 heterocycles. The molecule has 0 unspecified atom stereocenters. The molecule has 21 aromatic rings. The van der Waals surface area contributed by atoms with Gasteiger partial charge in [-0.05, 0) is 292 Å². The van der Waals surface area contributed by atoms with Crippen LogP contribution < -0.4 is 47.7 Å². The lowest BCUT2D eigenvalue weighted by molar-refractivity contribution is 0.587. The second kappa shape index (κ2) is 38.4. The molecule has 144 heavy (non-hydrogen) atoms. The van der Waals surface area contributed by atoms with Crippen molar-refractivity contribution in [3.8, 4) is 135 Å². The van der Waals surface area contributed by atoms with E-state index in [9.17, 15) is 27.4 Å². The average molecular weight is 2050 g/mol. The number of nitrogens with zero attached hydrogens (tertiary/aromatic N) is 5. The van der Waals surface area contributed by atoms with E-state index in [1.54, 1.807) is 53.3 Å². The molecule has 0 N–H and O–H groups in total. The molecule has 11 nitrogen and oxygen atoms in total. The summed E-state index contributed by atoms with van der Waals surface area (Å²) in [6, 6.07) is 122. The molecular weight excluding hydrogens is 1930 g/mol. The summed E-state index contributed by atoms with van der Waals surface area (Å²) < 4.78 is 76.0. The van der Waals surface area contributed by atoms with Gasteiger partial charge in [-0.1, -0.05) is 367 Å². The van der Waals surface area contributed by atoms with Crippen LogP contribution in [0.25, 0.3) is 199 Å². The van der Waals surface area contributed by atoms with Gasteiger partial charge in [0, 0.05) is 65.2 Å². The third-order valence-corrected chi connectivity index (χ3v) is 41.8. The van der Waals surface area contributed by atoms with E-state index in [1.807, 2.05) is 178 Å². The summed E-state index contributed by atoms with van der Waals surface area (Å²) in [5.41, 5.74) is 20.5. The zero-order valence-corrected chi connectivity index (χ0v) is 92.9. The predicted molar refractivity (Wildman–Crippen MR) is 643 cm³/mol. The number of benzene rings is 19. The molecule has 0 atom stereocenters. The Morgan fingerprint density at radius 3 is 0.569 bits per heavy atom. The monoisotopic (exact) mass is 2050 g/mol. The van der Waals surface area contributed by atoms with Crippen molar-refractivity contribution in [3.05, 3.63) is 352 Å². The van der Waals surface area contributed by atoms with Gasteiger partial charge in [0.1, 0.15) is 42.9 Å². The zero-order chi connectivity index (χ0) is 102. The Kier molecular flexibility index (Phi) is 26.8. The highest BCUT2D eigenvalue weighted by Crippen LogP contribution is 2.55. The van der Waals surface area contributed by atoms with Crippen molar-refractivity contribution in [1.82, 2.24) is 24.9 Å². The first-order valence-electron chi connectivity index (χ1n) is 48.0. The van der Waals surface area contributed by atoms with Crippen LogP contribution in [0.2, 0.25) is 0 Å². The molecule has 720 valence electrons. The van der Waals surface area contributed by atoms with Gasteiger partial charge in [-0.3, -0.25) is 0 Å². The minimum Gasteiger partial charge on any atom is -0.319 e. The van der Waals surface area contributed by atoms with Crippen LogP contribution in [0, 0.1) is 0 Å². The SMILES string of the molecule is C=P(C)(C)c1ccc(-c2cc3cc(-c4ccc(P(C)(C)=O)cc4)c4ccc5ccc6c(-c7ccc(P(C)(C)=O)cc7)cc7ccc2c2c7c6c5c4c32)cc1.C=P(C)(C)c1ccc(-c2ccc(-c3nc(-c4ccc(-c5ccc(P(C)(C)=O)cc5)cc4)nc(-c4ccc(-c5ccc(P(C)(C)=O)cc5)cc4)n3)cc2)cc1.C=P(C)(C)c1ccc(-c2nc(-c3ccc(P(C)(C)=O)cc3)cc(-c3ccc(P(C)(C)=O)cc3)n2)cc1.